The van der Waals surface area contributed by atoms with Gasteiger partial charge in [-0.3, -0.25) is 0 Å². The van der Waals surface area contributed by atoms with Crippen molar-refractivity contribution >= 4 is 11.6 Å². The van der Waals surface area contributed by atoms with E-state index in [1.807, 2.05) is 0 Å². The molecule has 0 spiro atoms. The van der Waals surface area contributed by atoms with Crippen LogP contribution in [0.5, 0.6) is 0 Å². The van der Waals surface area contributed by atoms with E-state index in [2.05, 4.69) is 65.0 Å². The summed E-state index contributed by atoms with van der Waals surface area (Å²) in [6, 6.07) is 11.1. The summed E-state index contributed by atoms with van der Waals surface area (Å²) in [5.41, 5.74) is 7.58. The molecule has 0 saturated heterocycles. The van der Waals surface area contributed by atoms with Crippen LogP contribution in [0.4, 0.5) is 0 Å². The minimum Gasteiger partial charge on any atom is -0.0838 e. The first-order valence-corrected chi connectivity index (χ1v) is 7.15. The summed E-state index contributed by atoms with van der Waals surface area (Å²) in [5, 5.41) is 0.874. The average molecular weight is 273 g/mol. The molecule has 0 aromatic heterocycles. The van der Waals surface area contributed by atoms with Crippen LogP contribution in [-0.2, 0) is 0 Å². The zero-order chi connectivity index (χ0) is 14.2. The number of hydrogen-bond donors (Lipinski definition) is 0. The SMILES string of the molecule is Cc1cc(-c2cc(C)c(Cl)c(C)c2)ccc1C(C)C. The fraction of sp³-hybridized carbons (Fsp3) is 0.333. The third-order valence-corrected chi connectivity index (χ3v) is 4.26. The van der Waals surface area contributed by atoms with Crippen LogP contribution in [0.1, 0.15) is 42.0 Å². The molecular weight excluding hydrogens is 252 g/mol. The Hall–Kier alpha value is -1.27. The van der Waals surface area contributed by atoms with Crippen molar-refractivity contribution in [1.29, 1.82) is 0 Å². The monoisotopic (exact) mass is 272 g/mol. The van der Waals surface area contributed by atoms with Crippen LogP contribution in [0.2, 0.25) is 5.02 Å². The van der Waals surface area contributed by atoms with Gasteiger partial charge >= 0.3 is 0 Å². The maximum absolute atomic E-state index is 6.24. The Morgan fingerprint density at radius 1 is 0.789 bits per heavy atom. The molecule has 0 heterocycles. The molecule has 0 aliphatic rings. The van der Waals surface area contributed by atoms with Crippen molar-refractivity contribution < 1.29 is 0 Å². The molecule has 2 rings (SSSR count). The normalized spacial score (nSPS) is 11.1. The van der Waals surface area contributed by atoms with E-state index in [1.54, 1.807) is 0 Å². The highest BCUT2D eigenvalue weighted by atomic mass is 35.5. The van der Waals surface area contributed by atoms with Gasteiger partial charge in [-0.05, 0) is 72.2 Å². The molecule has 0 radical (unpaired) electrons. The summed E-state index contributed by atoms with van der Waals surface area (Å²) in [5.74, 6) is 0.572. The first kappa shape index (κ1) is 14.1. The Morgan fingerprint density at radius 2 is 1.32 bits per heavy atom. The quantitative estimate of drug-likeness (QED) is 0.624. The van der Waals surface area contributed by atoms with Gasteiger partial charge in [0, 0.05) is 5.02 Å². The lowest BCUT2D eigenvalue weighted by atomic mass is 9.93. The van der Waals surface area contributed by atoms with E-state index in [9.17, 15) is 0 Å². The van der Waals surface area contributed by atoms with Crippen molar-refractivity contribution in [3.63, 3.8) is 0 Å². The number of rotatable bonds is 2. The van der Waals surface area contributed by atoms with Crippen molar-refractivity contribution in [1.82, 2.24) is 0 Å². The third kappa shape index (κ3) is 2.84. The second kappa shape index (κ2) is 5.38. The number of hydrogen-bond acceptors (Lipinski definition) is 0. The van der Waals surface area contributed by atoms with Crippen molar-refractivity contribution in [3.05, 3.63) is 57.6 Å². The second-order valence-electron chi connectivity index (χ2n) is 5.65. The van der Waals surface area contributed by atoms with Crippen LogP contribution in [0.15, 0.2) is 30.3 Å². The highest BCUT2D eigenvalue weighted by molar-refractivity contribution is 6.32. The zero-order valence-electron chi connectivity index (χ0n) is 12.3. The molecule has 0 unspecified atom stereocenters. The van der Waals surface area contributed by atoms with E-state index in [4.69, 9.17) is 11.6 Å². The summed E-state index contributed by atoms with van der Waals surface area (Å²) >= 11 is 6.24. The predicted octanol–water partition coefficient (Wildman–Crippen LogP) is 6.06. The Bertz CT molecular complexity index is 586. The molecule has 100 valence electrons. The molecule has 2 aromatic rings. The minimum absolute atomic E-state index is 0.572. The van der Waals surface area contributed by atoms with Gasteiger partial charge in [-0.15, -0.1) is 0 Å². The Morgan fingerprint density at radius 3 is 1.79 bits per heavy atom. The lowest BCUT2D eigenvalue weighted by molar-refractivity contribution is 0.857. The summed E-state index contributed by atoms with van der Waals surface area (Å²) in [6.07, 6.45) is 0. The largest absolute Gasteiger partial charge is 0.0838 e. The lowest BCUT2D eigenvalue weighted by Gasteiger charge is -2.13. The van der Waals surface area contributed by atoms with E-state index in [0.29, 0.717) is 5.92 Å². The van der Waals surface area contributed by atoms with E-state index in [-0.39, 0.29) is 0 Å². The summed E-state index contributed by atoms with van der Waals surface area (Å²) in [7, 11) is 0. The van der Waals surface area contributed by atoms with Crippen LogP contribution < -0.4 is 0 Å². The van der Waals surface area contributed by atoms with Crippen LogP contribution in [0.3, 0.4) is 0 Å². The van der Waals surface area contributed by atoms with Gasteiger partial charge in [0.15, 0.2) is 0 Å². The molecular formula is C18H21Cl. The van der Waals surface area contributed by atoms with Gasteiger partial charge in [-0.2, -0.15) is 0 Å². The molecule has 0 saturated carbocycles. The molecule has 0 aliphatic carbocycles. The average Bonchev–Trinajstić information content (AvgIpc) is 2.34. The van der Waals surface area contributed by atoms with Crippen LogP contribution in [0.25, 0.3) is 11.1 Å². The standard InChI is InChI=1S/C18H21Cl/c1-11(2)17-7-6-15(8-12(17)3)16-9-13(4)18(19)14(5)10-16/h6-11H,1-5H3. The highest BCUT2D eigenvalue weighted by Crippen LogP contribution is 2.30. The van der Waals surface area contributed by atoms with Crippen LogP contribution >= 0.6 is 11.6 Å². The molecule has 19 heavy (non-hydrogen) atoms. The number of benzene rings is 2. The number of halogens is 1. The molecule has 0 fully saturated rings. The third-order valence-electron chi connectivity index (χ3n) is 3.66. The van der Waals surface area contributed by atoms with Crippen molar-refractivity contribution in [2.45, 2.75) is 40.5 Å². The lowest BCUT2D eigenvalue weighted by Crippen LogP contribution is -1.93. The number of aryl methyl sites for hydroxylation is 3. The van der Waals surface area contributed by atoms with Crippen molar-refractivity contribution in [3.8, 4) is 11.1 Å². The predicted molar refractivity (Wildman–Crippen MR) is 85.2 cm³/mol. The zero-order valence-corrected chi connectivity index (χ0v) is 13.1. The highest BCUT2D eigenvalue weighted by Gasteiger charge is 2.08. The van der Waals surface area contributed by atoms with E-state index in [0.717, 1.165) is 16.1 Å². The molecule has 0 N–H and O–H groups in total. The smallest absolute Gasteiger partial charge is 0.0464 e. The second-order valence-corrected chi connectivity index (χ2v) is 6.03. The van der Waals surface area contributed by atoms with Crippen LogP contribution in [-0.4, -0.2) is 0 Å². The first-order chi connectivity index (χ1) is 8.90. The fourth-order valence-corrected chi connectivity index (χ4v) is 2.72. The summed E-state index contributed by atoms with van der Waals surface area (Å²) in [4.78, 5) is 0. The van der Waals surface area contributed by atoms with Gasteiger partial charge in [-0.1, -0.05) is 43.6 Å². The van der Waals surface area contributed by atoms with Gasteiger partial charge in [0.2, 0.25) is 0 Å². The molecule has 1 heteroatoms. The maximum Gasteiger partial charge on any atom is 0.0464 e. The van der Waals surface area contributed by atoms with Crippen molar-refractivity contribution in [2.75, 3.05) is 0 Å². The summed E-state index contributed by atoms with van der Waals surface area (Å²) < 4.78 is 0. The fourth-order valence-electron chi connectivity index (χ4n) is 2.62. The first-order valence-electron chi connectivity index (χ1n) is 6.78. The van der Waals surface area contributed by atoms with Gasteiger partial charge in [-0.25, -0.2) is 0 Å². The Kier molecular flexibility index (Phi) is 4.01. The molecule has 2 aromatic carbocycles. The minimum atomic E-state index is 0.572. The topological polar surface area (TPSA) is 0 Å². The van der Waals surface area contributed by atoms with Gasteiger partial charge in [0.05, 0.1) is 0 Å². The van der Waals surface area contributed by atoms with Gasteiger partial charge in [0.25, 0.3) is 0 Å². The summed E-state index contributed by atoms with van der Waals surface area (Å²) in [6.45, 7) is 10.8. The van der Waals surface area contributed by atoms with E-state index >= 15 is 0 Å². The molecule has 0 aliphatic heterocycles. The van der Waals surface area contributed by atoms with Gasteiger partial charge in [0.1, 0.15) is 0 Å². The molecule has 0 atom stereocenters. The van der Waals surface area contributed by atoms with Crippen LogP contribution in [0, 0.1) is 20.8 Å². The molecule has 0 amide bonds. The molecule has 0 bridgehead atoms. The Balaban J connectivity index is 2.51. The van der Waals surface area contributed by atoms with Gasteiger partial charge < -0.3 is 0 Å². The Labute approximate surface area is 121 Å². The van der Waals surface area contributed by atoms with E-state index in [1.165, 1.54) is 22.3 Å². The molecule has 0 nitrogen and oxygen atoms in total. The van der Waals surface area contributed by atoms with Crippen molar-refractivity contribution in [2.24, 2.45) is 0 Å². The maximum atomic E-state index is 6.24. The van der Waals surface area contributed by atoms with E-state index < -0.39 is 0 Å².